The first kappa shape index (κ1) is 26.9. The summed E-state index contributed by atoms with van der Waals surface area (Å²) in [5, 5.41) is 13.6. The quantitative estimate of drug-likeness (QED) is 0.485. The maximum Gasteiger partial charge on any atom is 0.411 e. The van der Waals surface area contributed by atoms with E-state index in [4.69, 9.17) is 9.47 Å². The van der Waals surface area contributed by atoms with Crippen LogP contribution in [-0.2, 0) is 19.1 Å². The minimum atomic E-state index is -1.15. The van der Waals surface area contributed by atoms with Crippen LogP contribution in [0.15, 0.2) is 12.2 Å². The highest BCUT2D eigenvalue weighted by molar-refractivity contribution is 5.84. The predicted molar refractivity (Wildman–Crippen MR) is 118 cm³/mol. The van der Waals surface area contributed by atoms with Gasteiger partial charge in [-0.25, -0.2) is 9.59 Å². The first-order valence-electron chi connectivity index (χ1n) is 10.9. The summed E-state index contributed by atoms with van der Waals surface area (Å²) in [6.45, 7) is 15.5. The molecule has 4 atom stereocenters. The first-order chi connectivity index (χ1) is 14.1. The van der Waals surface area contributed by atoms with E-state index in [1.54, 1.807) is 67.5 Å². The number of hydrogen-bond donors (Lipinski definition) is 2. The average molecular weight is 441 g/mol. The molecule has 0 aromatic rings. The number of allylic oxidation sites excluding steroid dienone is 1. The van der Waals surface area contributed by atoms with Crippen molar-refractivity contribution in [3.05, 3.63) is 12.2 Å². The third-order valence-corrected chi connectivity index (χ3v) is 5.00. The zero-order valence-electron chi connectivity index (χ0n) is 20.4. The predicted octanol–water partition coefficient (Wildman–Crippen LogP) is 3.32. The molecule has 0 aromatic heterocycles. The van der Waals surface area contributed by atoms with Gasteiger partial charge in [0.15, 0.2) is 0 Å². The summed E-state index contributed by atoms with van der Waals surface area (Å²) in [6, 6.07) is -1.74. The summed E-state index contributed by atoms with van der Waals surface area (Å²) in [4.78, 5) is 39.8. The maximum absolute atomic E-state index is 13.4. The molecular weight excluding hydrogens is 400 g/mol. The van der Waals surface area contributed by atoms with Crippen molar-refractivity contribution >= 4 is 18.0 Å². The fourth-order valence-corrected chi connectivity index (χ4v) is 3.98. The second kappa shape index (κ2) is 10.0. The van der Waals surface area contributed by atoms with Crippen molar-refractivity contribution in [2.24, 2.45) is 0 Å². The highest BCUT2D eigenvalue weighted by Gasteiger charge is 2.57. The number of carbonyl (C=O) groups excluding carboxylic acids is 3. The van der Waals surface area contributed by atoms with Crippen molar-refractivity contribution in [3.63, 3.8) is 0 Å². The van der Waals surface area contributed by atoms with Gasteiger partial charge in [0.05, 0.1) is 17.7 Å². The molecule has 1 saturated heterocycles. The number of nitrogens with one attached hydrogen (secondary N) is 1. The van der Waals surface area contributed by atoms with E-state index in [2.05, 4.69) is 5.32 Å². The molecule has 8 nitrogen and oxygen atoms in total. The van der Waals surface area contributed by atoms with E-state index in [1.165, 1.54) is 11.8 Å². The molecular formula is C23H40N2O6. The third-order valence-electron chi connectivity index (χ3n) is 5.00. The lowest BCUT2D eigenvalue weighted by Gasteiger charge is -2.45. The molecule has 178 valence electrons. The van der Waals surface area contributed by atoms with Crippen molar-refractivity contribution < 1.29 is 29.0 Å². The number of aliphatic hydroxyl groups is 1. The normalized spacial score (nSPS) is 24.1. The fourth-order valence-electron chi connectivity index (χ4n) is 3.98. The SMILES string of the molecule is CC=C[C@@]1([C@@H](NC(C)=O)[C@@H](O)CC)CC[C@H](C(=O)OC(C)(C)C)N1C(=O)OC(C)(C)C. The van der Waals surface area contributed by atoms with Gasteiger partial charge in [0.2, 0.25) is 5.91 Å². The molecule has 0 aromatic carbocycles. The van der Waals surface area contributed by atoms with Gasteiger partial charge >= 0.3 is 12.1 Å². The molecule has 1 aliphatic heterocycles. The van der Waals surface area contributed by atoms with Crippen LogP contribution in [0, 0.1) is 0 Å². The molecule has 1 fully saturated rings. The van der Waals surface area contributed by atoms with Gasteiger partial charge < -0.3 is 19.9 Å². The molecule has 1 aliphatic rings. The molecule has 0 unspecified atom stereocenters. The summed E-state index contributed by atoms with van der Waals surface area (Å²) in [7, 11) is 0. The Bertz CT molecular complexity index is 691. The van der Waals surface area contributed by atoms with Crippen molar-refractivity contribution in [1.29, 1.82) is 0 Å². The second-order valence-electron chi connectivity index (χ2n) is 10.1. The zero-order valence-corrected chi connectivity index (χ0v) is 20.4. The Morgan fingerprint density at radius 2 is 1.71 bits per heavy atom. The number of likely N-dealkylation sites (tertiary alicyclic amines) is 1. The summed E-state index contributed by atoms with van der Waals surface area (Å²) >= 11 is 0. The molecule has 1 rings (SSSR count). The van der Waals surface area contributed by atoms with Gasteiger partial charge in [-0.05, 0) is 67.7 Å². The lowest BCUT2D eigenvalue weighted by molar-refractivity contribution is -0.161. The highest BCUT2D eigenvalue weighted by Crippen LogP contribution is 2.41. The number of esters is 1. The Morgan fingerprint density at radius 1 is 1.16 bits per heavy atom. The van der Waals surface area contributed by atoms with E-state index in [0.29, 0.717) is 19.3 Å². The van der Waals surface area contributed by atoms with Crippen molar-refractivity contribution in [2.75, 3.05) is 0 Å². The van der Waals surface area contributed by atoms with Gasteiger partial charge in [0.25, 0.3) is 0 Å². The minimum absolute atomic E-state index is 0.311. The molecule has 2 N–H and O–H groups in total. The average Bonchev–Trinajstić information content (AvgIpc) is 2.96. The molecule has 8 heteroatoms. The van der Waals surface area contributed by atoms with E-state index >= 15 is 0 Å². The monoisotopic (exact) mass is 440 g/mol. The second-order valence-corrected chi connectivity index (χ2v) is 10.1. The van der Waals surface area contributed by atoms with Crippen LogP contribution >= 0.6 is 0 Å². The van der Waals surface area contributed by atoms with Gasteiger partial charge in [0, 0.05) is 6.92 Å². The number of amides is 2. The Kier molecular flexibility index (Phi) is 8.71. The maximum atomic E-state index is 13.4. The smallest absolute Gasteiger partial charge is 0.411 e. The van der Waals surface area contributed by atoms with Crippen molar-refractivity contribution in [3.8, 4) is 0 Å². The van der Waals surface area contributed by atoms with Crippen LogP contribution in [0.4, 0.5) is 4.79 Å². The van der Waals surface area contributed by atoms with Gasteiger partial charge in [-0.1, -0.05) is 19.1 Å². The summed E-state index contributed by atoms with van der Waals surface area (Å²) in [5.41, 5.74) is -2.69. The molecule has 0 radical (unpaired) electrons. The molecule has 1 heterocycles. The van der Waals surface area contributed by atoms with Gasteiger partial charge in [-0.3, -0.25) is 9.69 Å². The topological polar surface area (TPSA) is 105 Å². The fraction of sp³-hybridized carbons (Fsp3) is 0.783. The lowest BCUT2D eigenvalue weighted by atomic mass is 9.82. The Balaban J connectivity index is 3.62. The van der Waals surface area contributed by atoms with Crippen molar-refractivity contribution in [1.82, 2.24) is 10.2 Å². The van der Waals surface area contributed by atoms with E-state index in [-0.39, 0.29) is 5.91 Å². The number of aliphatic hydroxyl groups excluding tert-OH is 1. The van der Waals surface area contributed by atoms with Crippen LogP contribution in [0.1, 0.15) is 81.6 Å². The van der Waals surface area contributed by atoms with Crippen LogP contribution in [0.2, 0.25) is 0 Å². The minimum Gasteiger partial charge on any atom is -0.458 e. The standard InChI is InChI=1S/C23H40N2O6/c1-10-13-23(18(17(27)11-2)24-15(3)26)14-12-16(19(28)30-21(4,5)6)25(23)20(29)31-22(7,8)9/h10,13,16-18,27H,11-12,14H2,1-9H3,(H,24,26)/t16-,17+,18+,23+/m1/s1. The first-order valence-corrected chi connectivity index (χ1v) is 10.9. The third kappa shape index (κ3) is 6.95. The van der Waals surface area contributed by atoms with Crippen molar-refractivity contribution in [2.45, 2.75) is 117 Å². The molecule has 0 saturated carbocycles. The number of rotatable bonds is 6. The Labute approximate surface area is 186 Å². The number of nitrogens with zero attached hydrogens (tertiary/aromatic N) is 1. The molecule has 0 spiro atoms. The zero-order chi connectivity index (χ0) is 24.2. The summed E-state index contributed by atoms with van der Waals surface area (Å²) < 4.78 is 11.2. The molecule has 31 heavy (non-hydrogen) atoms. The van der Waals surface area contributed by atoms with Crippen LogP contribution < -0.4 is 5.32 Å². The van der Waals surface area contributed by atoms with E-state index < -0.39 is 47.0 Å². The number of ether oxygens (including phenoxy) is 2. The summed E-state index contributed by atoms with van der Waals surface area (Å²) in [5.74, 6) is -0.886. The van der Waals surface area contributed by atoms with Crippen LogP contribution in [0.5, 0.6) is 0 Å². The molecule has 0 aliphatic carbocycles. The van der Waals surface area contributed by atoms with Gasteiger partial charge in [0.1, 0.15) is 17.2 Å². The van der Waals surface area contributed by atoms with Crippen LogP contribution in [-0.4, -0.2) is 62.9 Å². The highest BCUT2D eigenvalue weighted by atomic mass is 16.6. The van der Waals surface area contributed by atoms with E-state index in [9.17, 15) is 19.5 Å². The van der Waals surface area contributed by atoms with Gasteiger partial charge in [-0.15, -0.1) is 0 Å². The number of hydrogen-bond acceptors (Lipinski definition) is 6. The Morgan fingerprint density at radius 3 is 2.13 bits per heavy atom. The summed E-state index contributed by atoms with van der Waals surface area (Å²) in [6.07, 6.45) is 2.89. The number of carbonyl (C=O) groups is 3. The lowest BCUT2D eigenvalue weighted by Crippen LogP contribution is -2.66. The van der Waals surface area contributed by atoms with Gasteiger partial charge in [-0.2, -0.15) is 0 Å². The van der Waals surface area contributed by atoms with E-state index in [1.807, 2.05) is 0 Å². The van der Waals surface area contributed by atoms with Crippen LogP contribution in [0.25, 0.3) is 0 Å². The largest absolute Gasteiger partial charge is 0.458 e. The van der Waals surface area contributed by atoms with Crippen LogP contribution in [0.3, 0.4) is 0 Å². The molecule has 0 bridgehead atoms. The van der Waals surface area contributed by atoms with E-state index in [0.717, 1.165) is 0 Å². The molecule has 2 amide bonds. The Hall–Kier alpha value is -2.09.